The van der Waals surface area contributed by atoms with E-state index in [1.807, 2.05) is 18.2 Å². The summed E-state index contributed by atoms with van der Waals surface area (Å²) >= 11 is 1.51. The number of benzene rings is 1. The topological polar surface area (TPSA) is 78.5 Å². The van der Waals surface area contributed by atoms with E-state index in [0.717, 1.165) is 15.6 Å². The number of hydrogen-bond donors (Lipinski definition) is 2. The standard InChI is InChI=1S/C11H10N4S/c12-4-3-8-7-9(1-2-10(8)13)16-11-14-5-6-15-11/h1-2,5-7H,3,13H2,(H,14,15). The quantitative estimate of drug-likeness (QED) is 0.792. The fourth-order valence-corrected chi connectivity index (χ4v) is 2.10. The van der Waals surface area contributed by atoms with Crippen LogP contribution in [0.2, 0.25) is 0 Å². The highest BCUT2D eigenvalue weighted by atomic mass is 32.2. The van der Waals surface area contributed by atoms with Crippen molar-refractivity contribution in [3.63, 3.8) is 0 Å². The van der Waals surface area contributed by atoms with E-state index in [4.69, 9.17) is 11.0 Å². The van der Waals surface area contributed by atoms with Crippen LogP contribution in [0.4, 0.5) is 5.69 Å². The number of rotatable bonds is 3. The van der Waals surface area contributed by atoms with Crippen LogP contribution >= 0.6 is 11.8 Å². The van der Waals surface area contributed by atoms with Crippen molar-refractivity contribution >= 4 is 17.4 Å². The third kappa shape index (κ3) is 2.35. The van der Waals surface area contributed by atoms with E-state index >= 15 is 0 Å². The number of H-pyrrole nitrogens is 1. The maximum atomic E-state index is 8.66. The van der Waals surface area contributed by atoms with Crippen molar-refractivity contribution in [2.75, 3.05) is 5.73 Å². The molecular weight excluding hydrogens is 220 g/mol. The summed E-state index contributed by atoms with van der Waals surface area (Å²) in [6.45, 7) is 0. The van der Waals surface area contributed by atoms with Crippen LogP contribution in [0, 0.1) is 11.3 Å². The van der Waals surface area contributed by atoms with Crippen molar-refractivity contribution in [1.82, 2.24) is 9.97 Å². The highest BCUT2D eigenvalue weighted by Crippen LogP contribution is 2.27. The average Bonchev–Trinajstić information content (AvgIpc) is 2.76. The van der Waals surface area contributed by atoms with Crippen LogP contribution in [0.25, 0.3) is 0 Å². The number of nitriles is 1. The van der Waals surface area contributed by atoms with E-state index in [9.17, 15) is 0 Å². The second kappa shape index (κ2) is 4.73. The van der Waals surface area contributed by atoms with Gasteiger partial charge in [-0.05, 0) is 23.8 Å². The van der Waals surface area contributed by atoms with Gasteiger partial charge in [0.25, 0.3) is 0 Å². The summed E-state index contributed by atoms with van der Waals surface area (Å²) in [5, 5.41) is 9.49. The monoisotopic (exact) mass is 230 g/mol. The lowest BCUT2D eigenvalue weighted by molar-refractivity contribution is 1.06. The lowest BCUT2D eigenvalue weighted by atomic mass is 10.1. The third-order valence-corrected chi connectivity index (χ3v) is 2.98. The van der Waals surface area contributed by atoms with Gasteiger partial charge in [-0.15, -0.1) is 0 Å². The number of nitrogens with one attached hydrogen (secondary N) is 1. The first-order valence-electron chi connectivity index (χ1n) is 4.72. The van der Waals surface area contributed by atoms with Crippen LogP contribution in [-0.2, 0) is 6.42 Å². The van der Waals surface area contributed by atoms with Crippen LogP contribution in [-0.4, -0.2) is 9.97 Å². The van der Waals surface area contributed by atoms with Gasteiger partial charge in [0.2, 0.25) is 0 Å². The molecule has 2 rings (SSSR count). The molecule has 3 N–H and O–H groups in total. The van der Waals surface area contributed by atoms with Gasteiger partial charge in [0, 0.05) is 23.0 Å². The van der Waals surface area contributed by atoms with Crippen LogP contribution in [0.5, 0.6) is 0 Å². The number of anilines is 1. The minimum atomic E-state index is 0.332. The van der Waals surface area contributed by atoms with E-state index in [1.54, 1.807) is 12.4 Å². The van der Waals surface area contributed by atoms with Crippen LogP contribution in [0.3, 0.4) is 0 Å². The number of nitrogens with zero attached hydrogens (tertiary/aromatic N) is 2. The number of imidazole rings is 1. The fourth-order valence-electron chi connectivity index (χ4n) is 1.30. The number of nitrogens with two attached hydrogens (primary N) is 1. The summed E-state index contributed by atoms with van der Waals surface area (Å²) in [5.74, 6) is 0. The van der Waals surface area contributed by atoms with Crippen molar-refractivity contribution in [2.24, 2.45) is 0 Å². The van der Waals surface area contributed by atoms with Gasteiger partial charge < -0.3 is 10.7 Å². The molecule has 0 aliphatic heterocycles. The lowest BCUT2D eigenvalue weighted by Gasteiger charge is -2.04. The van der Waals surface area contributed by atoms with E-state index < -0.39 is 0 Å². The van der Waals surface area contributed by atoms with Gasteiger partial charge in [0.1, 0.15) is 0 Å². The Morgan fingerprint density at radius 3 is 3.06 bits per heavy atom. The predicted molar refractivity (Wildman–Crippen MR) is 62.9 cm³/mol. The van der Waals surface area contributed by atoms with E-state index in [1.165, 1.54) is 11.8 Å². The molecule has 1 aromatic heterocycles. The normalized spacial score (nSPS) is 9.94. The number of aromatic amines is 1. The minimum Gasteiger partial charge on any atom is -0.398 e. The fraction of sp³-hybridized carbons (Fsp3) is 0.0909. The molecule has 0 spiro atoms. The van der Waals surface area contributed by atoms with Gasteiger partial charge in [-0.2, -0.15) is 5.26 Å². The maximum Gasteiger partial charge on any atom is 0.170 e. The zero-order valence-electron chi connectivity index (χ0n) is 8.47. The average molecular weight is 230 g/mol. The minimum absolute atomic E-state index is 0.332. The first-order valence-corrected chi connectivity index (χ1v) is 5.54. The van der Waals surface area contributed by atoms with Crippen LogP contribution in [0.1, 0.15) is 5.56 Å². The first kappa shape index (κ1) is 10.6. The van der Waals surface area contributed by atoms with Gasteiger partial charge in [0.15, 0.2) is 5.16 Å². The zero-order valence-corrected chi connectivity index (χ0v) is 9.29. The van der Waals surface area contributed by atoms with Gasteiger partial charge >= 0.3 is 0 Å². The van der Waals surface area contributed by atoms with Gasteiger partial charge in [0.05, 0.1) is 12.5 Å². The molecule has 0 radical (unpaired) electrons. The maximum absolute atomic E-state index is 8.66. The summed E-state index contributed by atoms with van der Waals surface area (Å²) in [6.07, 6.45) is 3.81. The summed E-state index contributed by atoms with van der Waals surface area (Å²) in [6, 6.07) is 7.76. The molecule has 0 aliphatic rings. The van der Waals surface area contributed by atoms with E-state index in [0.29, 0.717) is 12.1 Å². The highest BCUT2D eigenvalue weighted by molar-refractivity contribution is 7.99. The molecule has 0 fully saturated rings. The summed E-state index contributed by atoms with van der Waals surface area (Å²) in [7, 11) is 0. The molecule has 0 saturated carbocycles. The van der Waals surface area contributed by atoms with Crippen LogP contribution < -0.4 is 5.73 Å². The molecule has 1 heterocycles. The molecule has 0 bridgehead atoms. The van der Waals surface area contributed by atoms with Crippen molar-refractivity contribution < 1.29 is 0 Å². The Labute approximate surface area is 97.5 Å². The Hall–Kier alpha value is -1.93. The molecule has 0 amide bonds. The molecule has 0 saturated heterocycles. The Bertz CT molecular complexity index is 513. The van der Waals surface area contributed by atoms with Gasteiger partial charge in [-0.25, -0.2) is 4.98 Å². The van der Waals surface area contributed by atoms with Crippen molar-refractivity contribution in [3.8, 4) is 6.07 Å². The summed E-state index contributed by atoms with van der Waals surface area (Å²) < 4.78 is 0. The van der Waals surface area contributed by atoms with E-state index in [2.05, 4.69) is 16.0 Å². The predicted octanol–water partition coefficient (Wildman–Crippen LogP) is 2.21. The molecule has 0 unspecified atom stereocenters. The molecular formula is C11H10N4S. The van der Waals surface area contributed by atoms with Crippen molar-refractivity contribution in [2.45, 2.75) is 16.5 Å². The van der Waals surface area contributed by atoms with Crippen molar-refractivity contribution in [1.29, 1.82) is 5.26 Å². The zero-order chi connectivity index (χ0) is 11.4. The van der Waals surface area contributed by atoms with Gasteiger partial charge in [-0.3, -0.25) is 0 Å². The van der Waals surface area contributed by atoms with Crippen molar-refractivity contribution in [3.05, 3.63) is 36.2 Å². The first-order chi connectivity index (χ1) is 7.79. The van der Waals surface area contributed by atoms with Crippen LogP contribution in [0.15, 0.2) is 40.6 Å². The smallest absolute Gasteiger partial charge is 0.170 e. The molecule has 80 valence electrons. The summed E-state index contributed by atoms with van der Waals surface area (Å²) in [5.41, 5.74) is 7.28. The largest absolute Gasteiger partial charge is 0.398 e. The second-order valence-electron chi connectivity index (χ2n) is 3.19. The summed E-state index contributed by atoms with van der Waals surface area (Å²) in [4.78, 5) is 8.15. The number of nitrogen functional groups attached to an aromatic ring is 1. The molecule has 0 aliphatic carbocycles. The molecule has 4 nitrogen and oxygen atoms in total. The third-order valence-electron chi connectivity index (χ3n) is 2.07. The molecule has 2 aromatic rings. The molecule has 5 heteroatoms. The SMILES string of the molecule is N#CCc1cc(Sc2ncc[nH]2)ccc1N. The number of hydrogen-bond acceptors (Lipinski definition) is 4. The Balaban J connectivity index is 2.23. The van der Waals surface area contributed by atoms with Gasteiger partial charge in [-0.1, -0.05) is 11.8 Å². The Kier molecular flexibility index (Phi) is 3.13. The molecule has 1 aromatic carbocycles. The molecule has 16 heavy (non-hydrogen) atoms. The second-order valence-corrected chi connectivity index (χ2v) is 4.25. The number of aromatic nitrogens is 2. The highest BCUT2D eigenvalue weighted by Gasteiger charge is 2.03. The van der Waals surface area contributed by atoms with E-state index in [-0.39, 0.29) is 0 Å². The Morgan fingerprint density at radius 2 is 2.38 bits per heavy atom. The lowest BCUT2D eigenvalue weighted by Crippen LogP contribution is -1.93. The molecule has 0 atom stereocenters. The Morgan fingerprint density at radius 1 is 1.50 bits per heavy atom.